The molecule has 0 spiro atoms. The predicted octanol–water partition coefficient (Wildman–Crippen LogP) is 3.14. The Morgan fingerprint density at radius 1 is 1.16 bits per heavy atom. The van der Waals surface area contributed by atoms with Gasteiger partial charge in [-0.05, 0) is 29.2 Å². The standard InChI is InChI=1S/C16H18N2O/c1-12(2)15-6-4-3-5-14(15)11-18-16(19)13-7-9-17-10-8-13/h3-10,12H,11H2,1-2H3,(H,18,19). The van der Waals surface area contributed by atoms with Crippen LogP contribution in [0.1, 0.15) is 41.3 Å². The van der Waals surface area contributed by atoms with Crippen molar-refractivity contribution in [2.24, 2.45) is 0 Å². The lowest BCUT2D eigenvalue weighted by molar-refractivity contribution is 0.0950. The highest BCUT2D eigenvalue weighted by Gasteiger charge is 2.08. The highest BCUT2D eigenvalue weighted by molar-refractivity contribution is 5.93. The van der Waals surface area contributed by atoms with Gasteiger partial charge in [0.2, 0.25) is 0 Å². The predicted molar refractivity (Wildman–Crippen MR) is 75.9 cm³/mol. The number of aromatic nitrogens is 1. The van der Waals surface area contributed by atoms with Crippen LogP contribution in [0.4, 0.5) is 0 Å². The molecular weight excluding hydrogens is 236 g/mol. The monoisotopic (exact) mass is 254 g/mol. The molecule has 1 aromatic heterocycles. The summed E-state index contributed by atoms with van der Waals surface area (Å²) >= 11 is 0. The van der Waals surface area contributed by atoms with Crippen molar-refractivity contribution in [3.8, 4) is 0 Å². The van der Waals surface area contributed by atoms with E-state index in [2.05, 4.69) is 36.3 Å². The number of nitrogens with zero attached hydrogens (tertiary/aromatic N) is 1. The van der Waals surface area contributed by atoms with E-state index in [1.165, 1.54) is 11.1 Å². The number of hydrogen-bond donors (Lipinski definition) is 1. The van der Waals surface area contributed by atoms with E-state index in [1.807, 2.05) is 12.1 Å². The van der Waals surface area contributed by atoms with Gasteiger partial charge in [-0.25, -0.2) is 0 Å². The SMILES string of the molecule is CC(C)c1ccccc1CNC(=O)c1ccncc1. The fourth-order valence-electron chi connectivity index (χ4n) is 2.04. The molecule has 3 heteroatoms. The molecule has 0 bridgehead atoms. The number of amides is 1. The minimum absolute atomic E-state index is 0.0686. The fraction of sp³-hybridized carbons (Fsp3) is 0.250. The smallest absolute Gasteiger partial charge is 0.251 e. The van der Waals surface area contributed by atoms with Gasteiger partial charge in [-0.1, -0.05) is 38.1 Å². The first-order valence-corrected chi connectivity index (χ1v) is 6.44. The Bertz CT molecular complexity index is 550. The second-order valence-corrected chi connectivity index (χ2v) is 4.77. The molecule has 0 radical (unpaired) electrons. The molecule has 2 aromatic rings. The van der Waals surface area contributed by atoms with Crippen molar-refractivity contribution >= 4 is 5.91 Å². The van der Waals surface area contributed by atoms with Crippen LogP contribution in [0.25, 0.3) is 0 Å². The van der Waals surface area contributed by atoms with Crippen LogP contribution in [0, 0.1) is 0 Å². The number of nitrogens with one attached hydrogen (secondary N) is 1. The Balaban J connectivity index is 2.05. The number of carbonyl (C=O) groups is 1. The Kier molecular flexibility index (Phi) is 4.29. The maximum atomic E-state index is 12.0. The van der Waals surface area contributed by atoms with Crippen LogP contribution in [0.5, 0.6) is 0 Å². The second-order valence-electron chi connectivity index (χ2n) is 4.77. The van der Waals surface area contributed by atoms with E-state index < -0.39 is 0 Å². The summed E-state index contributed by atoms with van der Waals surface area (Å²) in [5.74, 6) is 0.384. The molecule has 0 aliphatic rings. The molecule has 0 aliphatic carbocycles. The third-order valence-electron chi connectivity index (χ3n) is 3.06. The van der Waals surface area contributed by atoms with Crippen molar-refractivity contribution in [1.29, 1.82) is 0 Å². The van der Waals surface area contributed by atoms with Gasteiger partial charge in [-0.3, -0.25) is 9.78 Å². The summed E-state index contributed by atoms with van der Waals surface area (Å²) in [5.41, 5.74) is 3.08. The Hall–Kier alpha value is -2.16. The molecule has 0 atom stereocenters. The first-order valence-electron chi connectivity index (χ1n) is 6.44. The first-order chi connectivity index (χ1) is 9.18. The quantitative estimate of drug-likeness (QED) is 0.910. The van der Waals surface area contributed by atoms with Crippen LogP contribution in [0.2, 0.25) is 0 Å². The number of benzene rings is 1. The molecule has 0 saturated carbocycles. The lowest BCUT2D eigenvalue weighted by Crippen LogP contribution is -2.23. The summed E-state index contributed by atoms with van der Waals surface area (Å²) in [6.07, 6.45) is 3.24. The summed E-state index contributed by atoms with van der Waals surface area (Å²) < 4.78 is 0. The topological polar surface area (TPSA) is 42.0 Å². The largest absolute Gasteiger partial charge is 0.348 e. The van der Waals surface area contributed by atoms with Crippen molar-refractivity contribution < 1.29 is 4.79 Å². The molecule has 1 aromatic carbocycles. The van der Waals surface area contributed by atoms with Gasteiger partial charge in [0, 0.05) is 24.5 Å². The normalized spacial score (nSPS) is 10.5. The third kappa shape index (κ3) is 3.41. The van der Waals surface area contributed by atoms with Crippen LogP contribution in [-0.4, -0.2) is 10.9 Å². The summed E-state index contributed by atoms with van der Waals surface area (Å²) in [4.78, 5) is 15.9. The van der Waals surface area contributed by atoms with E-state index in [0.29, 0.717) is 18.0 Å². The lowest BCUT2D eigenvalue weighted by atomic mass is 9.97. The molecule has 0 aliphatic heterocycles. The van der Waals surface area contributed by atoms with Gasteiger partial charge in [0.05, 0.1) is 0 Å². The van der Waals surface area contributed by atoms with Gasteiger partial charge < -0.3 is 5.32 Å². The van der Waals surface area contributed by atoms with E-state index in [4.69, 9.17) is 0 Å². The van der Waals surface area contributed by atoms with E-state index in [-0.39, 0.29) is 5.91 Å². The Morgan fingerprint density at radius 3 is 2.53 bits per heavy atom. The average molecular weight is 254 g/mol. The maximum absolute atomic E-state index is 12.0. The molecule has 1 amide bonds. The van der Waals surface area contributed by atoms with Gasteiger partial charge in [-0.15, -0.1) is 0 Å². The number of hydrogen-bond acceptors (Lipinski definition) is 2. The van der Waals surface area contributed by atoms with E-state index in [9.17, 15) is 4.79 Å². The van der Waals surface area contributed by atoms with E-state index >= 15 is 0 Å². The third-order valence-corrected chi connectivity index (χ3v) is 3.06. The summed E-state index contributed by atoms with van der Waals surface area (Å²) in [6.45, 7) is 4.86. The lowest BCUT2D eigenvalue weighted by Gasteiger charge is -2.13. The molecule has 1 heterocycles. The highest BCUT2D eigenvalue weighted by atomic mass is 16.1. The molecule has 2 rings (SSSR count). The fourth-order valence-corrected chi connectivity index (χ4v) is 2.04. The van der Waals surface area contributed by atoms with Crippen LogP contribution in [-0.2, 0) is 6.54 Å². The van der Waals surface area contributed by atoms with Gasteiger partial charge in [0.25, 0.3) is 5.91 Å². The molecule has 0 saturated heterocycles. The number of pyridine rings is 1. The zero-order chi connectivity index (χ0) is 13.7. The number of rotatable bonds is 4. The highest BCUT2D eigenvalue weighted by Crippen LogP contribution is 2.18. The van der Waals surface area contributed by atoms with Crippen LogP contribution >= 0.6 is 0 Å². The van der Waals surface area contributed by atoms with E-state index in [1.54, 1.807) is 24.5 Å². The summed E-state index contributed by atoms with van der Waals surface area (Å²) in [6, 6.07) is 11.6. The summed E-state index contributed by atoms with van der Waals surface area (Å²) in [7, 11) is 0. The van der Waals surface area contributed by atoms with Crippen molar-refractivity contribution in [2.45, 2.75) is 26.3 Å². The average Bonchev–Trinajstić information content (AvgIpc) is 2.46. The first kappa shape index (κ1) is 13.3. The van der Waals surface area contributed by atoms with E-state index in [0.717, 1.165) is 0 Å². The summed E-state index contributed by atoms with van der Waals surface area (Å²) in [5, 5.41) is 2.94. The minimum Gasteiger partial charge on any atom is -0.348 e. The molecule has 1 N–H and O–H groups in total. The zero-order valence-electron chi connectivity index (χ0n) is 11.3. The molecule has 0 fully saturated rings. The molecular formula is C16H18N2O. The van der Waals surface area contributed by atoms with Crippen LogP contribution in [0.3, 0.4) is 0 Å². The number of carbonyl (C=O) groups excluding carboxylic acids is 1. The van der Waals surface area contributed by atoms with Gasteiger partial charge >= 0.3 is 0 Å². The van der Waals surface area contributed by atoms with Crippen molar-refractivity contribution in [3.05, 3.63) is 65.5 Å². The van der Waals surface area contributed by atoms with Crippen molar-refractivity contribution in [3.63, 3.8) is 0 Å². The molecule has 0 unspecified atom stereocenters. The zero-order valence-corrected chi connectivity index (χ0v) is 11.3. The Labute approximate surface area is 113 Å². The van der Waals surface area contributed by atoms with Crippen molar-refractivity contribution in [1.82, 2.24) is 10.3 Å². The van der Waals surface area contributed by atoms with Crippen LogP contribution < -0.4 is 5.32 Å². The van der Waals surface area contributed by atoms with Crippen molar-refractivity contribution in [2.75, 3.05) is 0 Å². The van der Waals surface area contributed by atoms with Gasteiger partial charge in [-0.2, -0.15) is 0 Å². The minimum atomic E-state index is -0.0686. The molecule has 19 heavy (non-hydrogen) atoms. The van der Waals surface area contributed by atoms with Gasteiger partial charge in [0.15, 0.2) is 0 Å². The Morgan fingerprint density at radius 2 is 1.84 bits per heavy atom. The molecule has 98 valence electrons. The maximum Gasteiger partial charge on any atom is 0.251 e. The van der Waals surface area contributed by atoms with Crippen LogP contribution in [0.15, 0.2) is 48.8 Å². The second kappa shape index (κ2) is 6.14. The molecule has 3 nitrogen and oxygen atoms in total. The van der Waals surface area contributed by atoms with Gasteiger partial charge in [0.1, 0.15) is 0 Å².